The highest BCUT2D eigenvalue weighted by atomic mass is 16.6. The zero-order valence-corrected chi connectivity index (χ0v) is 24.7. The highest BCUT2D eigenvalue weighted by Crippen LogP contribution is 2.29. The molecule has 212 valence electrons. The molecule has 0 N–H and O–H groups in total. The molecular weight excluding hydrogens is 506 g/mol. The summed E-state index contributed by atoms with van der Waals surface area (Å²) in [7, 11) is 1.88. The van der Waals surface area contributed by atoms with E-state index in [1.807, 2.05) is 88.6 Å². The molecule has 3 aromatic heterocycles. The average molecular weight is 546 g/mol. The Morgan fingerprint density at radius 1 is 1.07 bits per heavy atom. The molecule has 40 heavy (non-hydrogen) atoms. The number of fused-ring (bicyclic) bond motifs is 1. The van der Waals surface area contributed by atoms with Crippen LogP contribution in [0.4, 0.5) is 4.79 Å². The predicted molar refractivity (Wildman–Crippen MR) is 155 cm³/mol. The summed E-state index contributed by atoms with van der Waals surface area (Å²) in [6.45, 7) is 14.6. The lowest BCUT2D eigenvalue weighted by atomic mass is 10.0. The number of aromatic nitrogens is 5. The lowest BCUT2D eigenvalue weighted by molar-refractivity contribution is -0.141. The zero-order chi connectivity index (χ0) is 29.2. The minimum absolute atomic E-state index is 0.0857. The van der Waals surface area contributed by atoms with Crippen LogP contribution in [0, 0.1) is 6.92 Å². The van der Waals surface area contributed by atoms with Gasteiger partial charge in [-0.1, -0.05) is 26.0 Å². The van der Waals surface area contributed by atoms with Crippen molar-refractivity contribution in [2.45, 2.75) is 66.7 Å². The molecule has 0 saturated carbocycles. The van der Waals surface area contributed by atoms with Gasteiger partial charge in [0.25, 0.3) is 0 Å². The van der Waals surface area contributed by atoms with Crippen LogP contribution in [0.25, 0.3) is 28.0 Å². The van der Waals surface area contributed by atoms with E-state index in [1.165, 1.54) is 4.90 Å². The van der Waals surface area contributed by atoms with E-state index in [0.29, 0.717) is 19.6 Å². The zero-order valence-electron chi connectivity index (χ0n) is 24.7. The van der Waals surface area contributed by atoms with Gasteiger partial charge in [-0.15, -0.1) is 0 Å². The summed E-state index contributed by atoms with van der Waals surface area (Å²) in [5, 5.41) is 8.71. The van der Waals surface area contributed by atoms with Gasteiger partial charge >= 0.3 is 6.09 Å². The quantitative estimate of drug-likeness (QED) is 0.354. The Balaban J connectivity index is 0.00000181. The molecule has 1 saturated heterocycles. The molecule has 0 bridgehead atoms. The number of hydrogen-bond acceptors (Lipinski definition) is 6. The van der Waals surface area contributed by atoms with E-state index in [9.17, 15) is 9.59 Å². The Hall–Kier alpha value is -4.21. The van der Waals surface area contributed by atoms with E-state index in [4.69, 9.17) is 9.72 Å². The Bertz CT molecular complexity index is 1520. The van der Waals surface area contributed by atoms with Crippen LogP contribution in [0.5, 0.6) is 0 Å². The van der Waals surface area contributed by atoms with Crippen molar-refractivity contribution in [3.05, 3.63) is 60.2 Å². The largest absolute Gasteiger partial charge is 0.444 e. The number of benzene rings is 1. The fourth-order valence-electron chi connectivity index (χ4n) is 4.72. The molecule has 0 radical (unpaired) electrons. The second kappa shape index (κ2) is 11.5. The lowest BCUT2D eigenvalue weighted by Gasteiger charge is -2.39. The fourth-order valence-corrected chi connectivity index (χ4v) is 4.72. The maximum absolute atomic E-state index is 13.2. The van der Waals surface area contributed by atoms with E-state index in [2.05, 4.69) is 16.3 Å². The number of hydrogen-bond donors (Lipinski definition) is 0. The van der Waals surface area contributed by atoms with E-state index >= 15 is 0 Å². The number of nitrogens with zero attached hydrogens (tertiary/aromatic N) is 7. The van der Waals surface area contributed by atoms with Crippen molar-refractivity contribution in [3.63, 3.8) is 0 Å². The topological polar surface area (TPSA) is 97.9 Å². The Morgan fingerprint density at radius 3 is 2.48 bits per heavy atom. The first-order valence-electron chi connectivity index (χ1n) is 13.7. The molecule has 0 aliphatic carbocycles. The minimum Gasteiger partial charge on any atom is -0.444 e. The average Bonchev–Trinajstić information content (AvgIpc) is 3.56. The molecule has 2 amide bonds. The van der Waals surface area contributed by atoms with E-state index in [1.54, 1.807) is 24.0 Å². The first kappa shape index (κ1) is 28.8. The van der Waals surface area contributed by atoms with E-state index in [0.717, 1.165) is 39.2 Å². The van der Waals surface area contributed by atoms with Crippen molar-refractivity contribution < 1.29 is 14.3 Å². The van der Waals surface area contributed by atoms with Gasteiger partial charge in [0.1, 0.15) is 11.6 Å². The van der Waals surface area contributed by atoms with Crippen LogP contribution < -0.4 is 0 Å². The SMILES string of the molecule is CC.Cc1cc(-c2nc(-c3cnn(C)c3)cn3nccc23)ccc1CN1CCN(C(=O)OC(C)(C)C)C(C)C1=O. The van der Waals surface area contributed by atoms with Gasteiger partial charge in [-0.3, -0.25) is 14.4 Å². The summed E-state index contributed by atoms with van der Waals surface area (Å²) in [6.07, 6.45) is 6.93. The summed E-state index contributed by atoms with van der Waals surface area (Å²) in [5.41, 5.74) is 5.91. The Labute approximate surface area is 235 Å². The second-order valence-corrected chi connectivity index (χ2v) is 10.8. The predicted octanol–water partition coefficient (Wildman–Crippen LogP) is 5.10. The Morgan fingerprint density at radius 2 is 1.82 bits per heavy atom. The van der Waals surface area contributed by atoms with Gasteiger partial charge in [0.05, 0.1) is 35.5 Å². The van der Waals surface area contributed by atoms with Crippen molar-refractivity contribution in [2.24, 2.45) is 7.05 Å². The normalized spacial score (nSPS) is 15.7. The number of carbonyl (C=O) groups excluding carboxylic acids is 2. The van der Waals surface area contributed by atoms with Gasteiger partial charge < -0.3 is 9.64 Å². The summed E-state index contributed by atoms with van der Waals surface area (Å²) < 4.78 is 9.07. The van der Waals surface area contributed by atoms with Gasteiger partial charge in [0.15, 0.2) is 0 Å². The summed E-state index contributed by atoms with van der Waals surface area (Å²) in [5.74, 6) is -0.0857. The van der Waals surface area contributed by atoms with Crippen molar-refractivity contribution in [1.82, 2.24) is 34.2 Å². The molecule has 10 nitrogen and oxygen atoms in total. The third-order valence-corrected chi connectivity index (χ3v) is 6.74. The lowest BCUT2D eigenvalue weighted by Crippen LogP contribution is -2.57. The minimum atomic E-state index is -0.606. The van der Waals surface area contributed by atoms with Gasteiger partial charge in [0.2, 0.25) is 5.91 Å². The number of amides is 2. The molecule has 4 heterocycles. The first-order valence-corrected chi connectivity index (χ1v) is 13.7. The maximum atomic E-state index is 13.2. The number of ether oxygens (including phenoxy) is 1. The van der Waals surface area contributed by atoms with E-state index < -0.39 is 17.7 Å². The number of carbonyl (C=O) groups is 2. The number of rotatable bonds is 4. The molecular formula is C30H39N7O3. The first-order chi connectivity index (χ1) is 19.0. The molecule has 1 fully saturated rings. The van der Waals surface area contributed by atoms with Crippen molar-refractivity contribution >= 4 is 17.5 Å². The van der Waals surface area contributed by atoms with Gasteiger partial charge in [0, 0.05) is 44.0 Å². The fraction of sp³-hybridized carbons (Fsp3) is 0.433. The summed E-state index contributed by atoms with van der Waals surface area (Å²) in [6, 6.07) is 7.56. The van der Waals surface area contributed by atoms with Gasteiger partial charge in [-0.2, -0.15) is 10.2 Å². The number of aryl methyl sites for hydroxylation is 2. The smallest absolute Gasteiger partial charge is 0.411 e. The molecule has 1 unspecified atom stereocenters. The molecule has 1 aromatic carbocycles. The van der Waals surface area contributed by atoms with Crippen LogP contribution in [0.1, 0.15) is 52.7 Å². The van der Waals surface area contributed by atoms with Gasteiger partial charge in [-0.05, 0) is 57.9 Å². The third kappa shape index (κ3) is 6.00. The van der Waals surface area contributed by atoms with Crippen LogP contribution in [0.3, 0.4) is 0 Å². The molecule has 10 heteroatoms. The second-order valence-electron chi connectivity index (χ2n) is 10.8. The standard InChI is InChI=1S/C28H33N7O3.C2H6/c1-18-13-20(25-24-9-10-29-35(24)17-23(31-25)22-14-30-32(6)15-22)7-8-21(18)16-33-11-12-34(19(2)26(33)36)27(37)38-28(3,4)5;1-2/h7-10,13-15,17,19H,11-12,16H2,1-6H3;1-2H3. The van der Waals surface area contributed by atoms with Crippen LogP contribution in [0.15, 0.2) is 49.1 Å². The highest BCUT2D eigenvalue weighted by molar-refractivity contribution is 5.86. The monoisotopic (exact) mass is 545 g/mol. The highest BCUT2D eigenvalue weighted by Gasteiger charge is 2.36. The molecule has 1 aliphatic rings. The van der Waals surface area contributed by atoms with Crippen molar-refractivity contribution in [3.8, 4) is 22.5 Å². The van der Waals surface area contributed by atoms with Crippen LogP contribution in [-0.4, -0.2) is 70.9 Å². The molecule has 1 atom stereocenters. The van der Waals surface area contributed by atoms with Crippen LogP contribution >= 0.6 is 0 Å². The molecule has 4 aromatic rings. The van der Waals surface area contributed by atoms with Crippen LogP contribution in [-0.2, 0) is 23.1 Å². The Kier molecular flexibility index (Phi) is 8.27. The molecule has 1 aliphatic heterocycles. The molecule has 0 spiro atoms. The van der Waals surface area contributed by atoms with Crippen molar-refractivity contribution in [2.75, 3.05) is 13.1 Å². The van der Waals surface area contributed by atoms with Crippen LogP contribution in [0.2, 0.25) is 0 Å². The summed E-state index contributed by atoms with van der Waals surface area (Å²) >= 11 is 0. The van der Waals surface area contributed by atoms with E-state index in [-0.39, 0.29) is 5.91 Å². The third-order valence-electron chi connectivity index (χ3n) is 6.74. The van der Waals surface area contributed by atoms with Crippen molar-refractivity contribution in [1.29, 1.82) is 0 Å². The molecule has 5 rings (SSSR count). The van der Waals surface area contributed by atoms with Gasteiger partial charge in [-0.25, -0.2) is 14.3 Å². The number of piperazine rings is 1. The summed E-state index contributed by atoms with van der Waals surface area (Å²) in [4.78, 5) is 34.0. The maximum Gasteiger partial charge on any atom is 0.411 e.